The van der Waals surface area contributed by atoms with Crippen LogP contribution in [0, 0.1) is 6.92 Å². The van der Waals surface area contributed by atoms with E-state index in [-0.39, 0.29) is 5.78 Å². The molecule has 0 saturated carbocycles. The molecule has 0 heterocycles. The van der Waals surface area contributed by atoms with Crippen LogP contribution in [0.2, 0.25) is 0 Å². The van der Waals surface area contributed by atoms with Gasteiger partial charge in [-0.25, -0.2) is 0 Å². The Morgan fingerprint density at radius 2 is 1.70 bits per heavy atom. The molecule has 0 aliphatic heterocycles. The van der Waals surface area contributed by atoms with Crippen molar-refractivity contribution in [3.05, 3.63) is 59.7 Å². The smallest absolute Gasteiger partial charge is 0.181 e. The highest BCUT2D eigenvalue weighted by Crippen LogP contribution is 2.26. The number of hydrogen-bond acceptors (Lipinski definition) is 3. The zero-order valence-corrected chi connectivity index (χ0v) is 11.9. The fourth-order valence-electron chi connectivity index (χ4n) is 1.98. The molecule has 0 bridgehead atoms. The molecule has 2 rings (SSSR count). The third-order valence-electron chi connectivity index (χ3n) is 3.13. The maximum Gasteiger partial charge on any atom is 0.181 e. The summed E-state index contributed by atoms with van der Waals surface area (Å²) in [4.78, 5) is 11.9. The number of rotatable bonds is 5. The van der Waals surface area contributed by atoms with Crippen LogP contribution in [0.5, 0.6) is 11.5 Å². The first-order valence-corrected chi connectivity index (χ1v) is 6.48. The van der Waals surface area contributed by atoms with Gasteiger partial charge in [0, 0.05) is 5.56 Å². The zero-order valence-electron chi connectivity index (χ0n) is 11.9. The summed E-state index contributed by atoms with van der Waals surface area (Å²) in [6, 6.07) is 15.0. The molecular weight excluding hydrogens is 252 g/mol. The second-order valence-electron chi connectivity index (χ2n) is 4.65. The molecule has 0 aromatic heterocycles. The molecule has 20 heavy (non-hydrogen) atoms. The van der Waals surface area contributed by atoms with E-state index in [9.17, 15) is 4.79 Å². The van der Waals surface area contributed by atoms with Crippen molar-refractivity contribution in [3.63, 3.8) is 0 Å². The summed E-state index contributed by atoms with van der Waals surface area (Å²) in [6.07, 6.45) is -0.595. The summed E-state index contributed by atoms with van der Waals surface area (Å²) in [5, 5.41) is 0. The Morgan fingerprint density at radius 1 is 1.05 bits per heavy atom. The Morgan fingerprint density at radius 3 is 2.25 bits per heavy atom. The Labute approximate surface area is 119 Å². The maximum absolute atomic E-state index is 11.9. The molecule has 3 nitrogen and oxygen atoms in total. The number of ketones is 1. The second-order valence-corrected chi connectivity index (χ2v) is 4.65. The molecule has 2 aromatic rings. The van der Waals surface area contributed by atoms with Crippen LogP contribution in [-0.2, 0) is 4.79 Å². The van der Waals surface area contributed by atoms with Gasteiger partial charge in [0.15, 0.2) is 11.9 Å². The van der Waals surface area contributed by atoms with Crippen molar-refractivity contribution >= 4 is 5.78 Å². The fraction of sp³-hybridized carbons (Fsp3) is 0.235. The average Bonchev–Trinajstić information content (AvgIpc) is 2.46. The van der Waals surface area contributed by atoms with Gasteiger partial charge in [-0.15, -0.1) is 0 Å². The zero-order chi connectivity index (χ0) is 14.5. The van der Waals surface area contributed by atoms with Crippen LogP contribution in [0.1, 0.15) is 24.2 Å². The first-order valence-electron chi connectivity index (χ1n) is 6.48. The highest BCUT2D eigenvalue weighted by atomic mass is 16.5. The fourth-order valence-corrected chi connectivity index (χ4v) is 1.98. The van der Waals surface area contributed by atoms with Gasteiger partial charge in [-0.1, -0.05) is 30.3 Å². The number of methoxy groups -OCH3 is 1. The lowest BCUT2D eigenvalue weighted by molar-refractivity contribution is -0.123. The molecule has 0 aliphatic rings. The summed E-state index contributed by atoms with van der Waals surface area (Å²) >= 11 is 0. The van der Waals surface area contributed by atoms with E-state index in [1.807, 2.05) is 55.5 Å². The summed E-state index contributed by atoms with van der Waals surface area (Å²) < 4.78 is 11.0. The lowest BCUT2D eigenvalue weighted by Gasteiger charge is -2.18. The first kappa shape index (κ1) is 14.1. The minimum atomic E-state index is -0.595. The van der Waals surface area contributed by atoms with Crippen molar-refractivity contribution in [2.24, 2.45) is 0 Å². The molecular formula is C17H18O3. The van der Waals surface area contributed by atoms with Gasteiger partial charge in [-0.3, -0.25) is 4.79 Å². The normalized spacial score (nSPS) is 11.8. The average molecular weight is 270 g/mol. The lowest BCUT2D eigenvalue weighted by atomic mass is 10.1. The van der Waals surface area contributed by atoms with Gasteiger partial charge in [0.2, 0.25) is 0 Å². The van der Waals surface area contributed by atoms with E-state index in [0.717, 1.165) is 22.6 Å². The molecule has 0 N–H and O–H groups in total. The van der Waals surface area contributed by atoms with Crippen molar-refractivity contribution in [2.45, 2.75) is 20.0 Å². The van der Waals surface area contributed by atoms with E-state index in [2.05, 4.69) is 0 Å². The van der Waals surface area contributed by atoms with Gasteiger partial charge in [0.1, 0.15) is 11.5 Å². The van der Waals surface area contributed by atoms with Crippen LogP contribution < -0.4 is 9.47 Å². The topological polar surface area (TPSA) is 35.5 Å². The number of para-hydroxylation sites is 1. The quantitative estimate of drug-likeness (QED) is 0.830. The largest absolute Gasteiger partial charge is 0.497 e. The number of ether oxygens (including phenoxy) is 2. The van der Waals surface area contributed by atoms with Gasteiger partial charge < -0.3 is 9.47 Å². The number of carbonyl (C=O) groups excluding carboxylic acids is 1. The van der Waals surface area contributed by atoms with Crippen molar-refractivity contribution < 1.29 is 14.3 Å². The van der Waals surface area contributed by atoms with Crippen molar-refractivity contribution in [1.82, 2.24) is 0 Å². The van der Waals surface area contributed by atoms with Gasteiger partial charge >= 0.3 is 0 Å². The maximum atomic E-state index is 11.9. The van der Waals surface area contributed by atoms with Gasteiger partial charge in [0.25, 0.3) is 0 Å². The third kappa shape index (κ3) is 3.18. The van der Waals surface area contributed by atoms with Crippen LogP contribution in [0.25, 0.3) is 0 Å². The van der Waals surface area contributed by atoms with E-state index in [1.165, 1.54) is 6.92 Å². The van der Waals surface area contributed by atoms with Crippen molar-refractivity contribution in [2.75, 3.05) is 7.11 Å². The predicted molar refractivity (Wildman–Crippen MR) is 78.2 cm³/mol. The van der Waals surface area contributed by atoms with E-state index < -0.39 is 6.10 Å². The molecule has 104 valence electrons. The van der Waals surface area contributed by atoms with Gasteiger partial charge in [0.05, 0.1) is 7.11 Å². The number of hydrogen-bond donors (Lipinski definition) is 0. The minimum Gasteiger partial charge on any atom is -0.497 e. The van der Waals surface area contributed by atoms with Gasteiger partial charge in [-0.05, 0) is 37.6 Å². The Hall–Kier alpha value is -2.29. The molecule has 3 heteroatoms. The standard InChI is InChI=1S/C17H18O3/c1-12-6-4-5-7-16(12)20-17(13(2)18)14-8-10-15(19-3)11-9-14/h4-11,17H,1-3H3. The van der Waals surface area contributed by atoms with E-state index in [4.69, 9.17) is 9.47 Å². The number of Topliss-reactive ketones (excluding diaryl/α,β-unsaturated/α-hetero) is 1. The number of aryl methyl sites for hydroxylation is 1. The second kappa shape index (κ2) is 6.24. The summed E-state index contributed by atoms with van der Waals surface area (Å²) in [5.74, 6) is 1.45. The SMILES string of the molecule is COc1ccc(C(Oc2ccccc2C)C(C)=O)cc1. The van der Waals surface area contributed by atoms with Crippen LogP contribution in [0.3, 0.4) is 0 Å². The predicted octanol–water partition coefficient (Wildman–Crippen LogP) is 3.71. The molecule has 0 fully saturated rings. The number of carbonyl (C=O) groups is 1. The molecule has 0 amide bonds. The molecule has 0 aliphatic carbocycles. The van der Waals surface area contributed by atoms with E-state index in [1.54, 1.807) is 7.11 Å². The molecule has 0 radical (unpaired) electrons. The van der Waals surface area contributed by atoms with Gasteiger partial charge in [-0.2, -0.15) is 0 Å². The summed E-state index contributed by atoms with van der Waals surface area (Å²) in [6.45, 7) is 3.49. The molecule has 2 aromatic carbocycles. The molecule has 0 spiro atoms. The Bertz CT molecular complexity index is 587. The van der Waals surface area contributed by atoms with E-state index >= 15 is 0 Å². The molecule has 1 atom stereocenters. The monoisotopic (exact) mass is 270 g/mol. The first-order chi connectivity index (χ1) is 9.61. The van der Waals surface area contributed by atoms with Crippen LogP contribution in [0.15, 0.2) is 48.5 Å². The third-order valence-corrected chi connectivity index (χ3v) is 3.13. The van der Waals surface area contributed by atoms with Crippen molar-refractivity contribution in [3.8, 4) is 11.5 Å². The molecule has 1 unspecified atom stereocenters. The Balaban J connectivity index is 2.27. The number of benzene rings is 2. The van der Waals surface area contributed by atoms with Crippen LogP contribution in [0.4, 0.5) is 0 Å². The van der Waals surface area contributed by atoms with Crippen LogP contribution >= 0.6 is 0 Å². The molecule has 0 saturated heterocycles. The summed E-state index contributed by atoms with van der Waals surface area (Å²) in [5.41, 5.74) is 1.83. The summed E-state index contributed by atoms with van der Waals surface area (Å²) in [7, 11) is 1.61. The van der Waals surface area contributed by atoms with Crippen LogP contribution in [-0.4, -0.2) is 12.9 Å². The van der Waals surface area contributed by atoms with Crippen molar-refractivity contribution in [1.29, 1.82) is 0 Å². The lowest BCUT2D eigenvalue weighted by Crippen LogP contribution is -2.16. The Kier molecular flexibility index (Phi) is 4.41. The van der Waals surface area contributed by atoms with E-state index in [0.29, 0.717) is 0 Å². The highest BCUT2D eigenvalue weighted by molar-refractivity contribution is 5.82. The highest BCUT2D eigenvalue weighted by Gasteiger charge is 2.19. The minimum absolute atomic E-state index is 0.0292.